The van der Waals surface area contributed by atoms with E-state index >= 15 is 0 Å². The first-order valence-electron chi connectivity index (χ1n) is 10.0. The van der Waals surface area contributed by atoms with Crippen LogP contribution in [-0.4, -0.2) is 39.8 Å². The number of halogens is 1. The van der Waals surface area contributed by atoms with Crippen molar-refractivity contribution in [3.05, 3.63) is 39.2 Å². The van der Waals surface area contributed by atoms with Crippen molar-refractivity contribution in [2.75, 3.05) is 6.54 Å². The highest BCUT2D eigenvalue weighted by Crippen LogP contribution is 2.35. The van der Waals surface area contributed by atoms with Crippen molar-refractivity contribution in [2.45, 2.75) is 51.1 Å². The van der Waals surface area contributed by atoms with Gasteiger partial charge in [0.1, 0.15) is 10.5 Å². The Morgan fingerprint density at radius 1 is 1.27 bits per heavy atom. The minimum Gasteiger partial charge on any atom is -0.350 e. The van der Waals surface area contributed by atoms with Gasteiger partial charge >= 0.3 is 6.03 Å². The number of nitrogens with one attached hydrogen (secondary N) is 2. The topological polar surface area (TPSA) is 91.4 Å². The van der Waals surface area contributed by atoms with E-state index < -0.39 is 11.6 Å². The Balaban J connectivity index is 1.30. The molecule has 0 bridgehead atoms. The lowest BCUT2D eigenvalue weighted by Crippen LogP contribution is -2.44. The van der Waals surface area contributed by atoms with Crippen LogP contribution in [0.5, 0.6) is 0 Å². The molecule has 2 aromatic rings. The molecular formula is C21H23ClN4O3S. The molecule has 4 amide bonds. The number of carbonyl (C=O) groups excluding carboxylic acids is 3. The van der Waals surface area contributed by atoms with Gasteiger partial charge in [-0.2, -0.15) is 0 Å². The largest absolute Gasteiger partial charge is 0.350 e. The number of carbonyl (C=O) groups is 3. The summed E-state index contributed by atoms with van der Waals surface area (Å²) in [6.45, 7) is 2.39. The van der Waals surface area contributed by atoms with Gasteiger partial charge in [0.2, 0.25) is 5.91 Å². The van der Waals surface area contributed by atoms with Crippen LogP contribution in [0.4, 0.5) is 4.79 Å². The summed E-state index contributed by atoms with van der Waals surface area (Å²) >= 11 is 7.47. The molecule has 1 aliphatic carbocycles. The van der Waals surface area contributed by atoms with Gasteiger partial charge in [-0.25, -0.2) is 9.78 Å². The molecule has 1 aromatic heterocycles. The maximum atomic E-state index is 12.6. The fraction of sp³-hybridized carbons (Fsp3) is 0.429. The molecule has 4 rings (SSSR count). The van der Waals surface area contributed by atoms with Gasteiger partial charge in [-0.3, -0.25) is 14.5 Å². The highest BCUT2D eigenvalue weighted by Gasteiger charge is 2.52. The first kappa shape index (κ1) is 20.8. The van der Waals surface area contributed by atoms with Crippen molar-refractivity contribution in [1.29, 1.82) is 0 Å². The summed E-state index contributed by atoms with van der Waals surface area (Å²) in [7, 11) is 0. The normalized spacial score (nSPS) is 17.6. The van der Waals surface area contributed by atoms with E-state index in [1.54, 1.807) is 0 Å². The number of aryl methyl sites for hydroxylation is 1. The predicted octanol–water partition coefficient (Wildman–Crippen LogP) is 3.64. The number of aromatic nitrogens is 1. The maximum absolute atomic E-state index is 12.6. The molecule has 1 aromatic carbocycles. The molecule has 0 radical (unpaired) electrons. The Hall–Kier alpha value is -2.45. The quantitative estimate of drug-likeness (QED) is 0.662. The molecule has 1 spiro atoms. The average molecular weight is 447 g/mol. The van der Waals surface area contributed by atoms with Crippen molar-refractivity contribution in [3.63, 3.8) is 0 Å². The highest BCUT2D eigenvalue weighted by atomic mass is 35.5. The lowest BCUT2D eigenvalue weighted by atomic mass is 9.98. The van der Waals surface area contributed by atoms with Crippen LogP contribution in [0.1, 0.15) is 42.0 Å². The van der Waals surface area contributed by atoms with Crippen molar-refractivity contribution in [1.82, 2.24) is 20.5 Å². The van der Waals surface area contributed by atoms with E-state index in [2.05, 4.69) is 15.6 Å². The number of nitrogens with zero attached hydrogens (tertiary/aromatic N) is 2. The number of urea groups is 1. The van der Waals surface area contributed by atoms with E-state index in [1.807, 2.05) is 31.2 Å². The summed E-state index contributed by atoms with van der Waals surface area (Å²) in [5.74, 6) is -0.412. The summed E-state index contributed by atoms with van der Waals surface area (Å²) in [4.78, 5) is 43.9. The van der Waals surface area contributed by atoms with E-state index in [4.69, 9.17) is 11.6 Å². The summed E-state index contributed by atoms with van der Waals surface area (Å²) in [6.07, 6.45) is 3.31. The molecule has 9 heteroatoms. The van der Waals surface area contributed by atoms with Crippen molar-refractivity contribution in [2.24, 2.45) is 0 Å². The Morgan fingerprint density at radius 2 is 1.97 bits per heavy atom. The molecule has 2 heterocycles. The molecule has 1 aliphatic heterocycles. The standard InChI is InChI=1S/C21H23ClN4O3S/c1-13-18(14-4-6-15(22)7-5-14)24-17(30-13)12-23-16(27)8-11-26-19(28)21(25-20(26)29)9-2-3-10-21/h4-7H,2-3,8-12H2,1H3,(H,23,27)(H,25,29). The third kappa shape index (κ3) is 4.06. The van der Waals surface area contributed by atoms with E-state index in [9.17, 15) is 14.4 Å². The molecule has 0 unspecified atom stereocenters. The summed E-state index contributed by atoms with van der Waals surface area (Å²) in [5, 5.41) is 7.13. The molecular weight excluding hydrogens is 424 g/mol. The molecule has 30 heavy (non-hydrogen) atoms. The highest BCUT2D eigenvalue weighted by molar-refractivity contribution is 7.12. The van der Waals surface area contributed by atoms with Crippen LogP contribution in [0.25, 0.3) is 11.3 Å². The van der Waals surface area contributed by atoms with E-state index in [0.29, 0.717) is 24.4 Å². The van der Waals surface area contributed by atoms with E-state index in [-0.39, 0.29) is 24.8 Å². The SMILES string of the molecule is Cc1sc(CNC(=O)CCN2C(=O)NC3(CCCC3)C2=O)nc1-c1ccc(Cl)cc1. The van der Waals surface area contributed by atoms with Crippen molar-refractivity contribution < 1.29 is 14.4 Å². The van der Waals surface area contributed by atoms with Gasteiger partial charge in [0.05, 0.1) is 12.2 Å². The summed E-state index contributed by atoms with van der Waals surface area (Å²) < 4.78 is 0. The van der Waals surface area contributed by atoms with Gasteiger partial charge in [0.15, 0.2) is 0 Å². The second-order valence-electron chi connectivity index (χ2n) is 7.72. The third-order valence-corrected chi connectivity index (χ3v) is 6.88. The van der Waals surface area contributed by atoms with Crippen molar-refractivity contribution in [3.8, 4) is 11.3 Å². The number of hydrogen-bond donors (Lipinski definition) is 2. The number of imide groups is 1. The van der Waals surface area contributed by atoms with E-state index in [0.717, 1.165) is 34.0 Å². The molecule has 2 aliphatic rings. The molecule has 2 N–H and O–H groups in total. The minimum atomic E-state index is -0.732. The molecule has 158 valence electrons. The number of amides is 4. The lowest BCUT2D eigenvalue weighted by Gasteiger charge is -2.19. The fourth-order valence-electron chi connectivity index (χ4n) is 4.08. The van der Waals surface area contributed by atoms with Gasteiger partial charge in [0.25, 0.3) is 5.91 Å². The molecule has 0 atom stereocenters. The Morgan fingerprint density at radius 3 is 2.67 bits per heavy atom. The Bertz CT molecular complexity index is 983. The van der Waals surface area contributed by atoms with Gasteiger partial charge in [0, 0.05) is 28.4 Å². The van der Waals surface area contributed by atoms with Crippen LogP contribution in [0, 0.1) is 6.92 Å². The van der Waals surface area contributed by atoms with Crippen LogP contribution in [0.15, 0.2) is 24.3 Å². The van der Waals surface area contributed by atoms with Crippen LogP contribution < -0.4 is 10.6 Å². The third-order valence-electron chi connectivity index (χ3n) is 5.66. The number of thiazole rings is 1. The van der Waals surface area contributed by atoms with Gasteiger partial charge < -0.3 is 10.6 Å². The second-order valence-corrected chi connectivity index (χ2v) is 9.45. The molecule has 7 nitrogen and oxygen atoms in total. The van der Waals surface area contributed by atoms with Crippen LogP contribution in [-0.2, 0) is 16.1 Å². The summed E-state index contributed by atoms with van der Waals surface area (Å²) in [6, 6.07) is 7.09. The zero-order valence-electron chi connectivity index (χ0n) is 16.7. The second kappa shape index (κ2) is 8.35. The monoisotopic (exact) mass is 446 g/mol. The van der Waals surface area contributed by atoms with Gasteiger partial charge in [-0.05, 0) is 31.9 Å². The first-order chi connectivity index (χ1) is 14.4. The number of rotatable bonds is 6. The fourth-order valence-corrected chi connectivity index (χ4v) is 5.10. The average Bonchev–Trinajstić information content (AvgIpc) is 3.39. The van der Waals surface area contributed by atoms with Crippen LogP contribution >= 0.6 is 22.9 Å². The zero-order chi connectivity index (χ0) is 21.3. The molecule has 1 saturated heterocycles. The smallest absolute Gasteiger partial charge is 0.325 e. The van der Waals surface area contributed by atoms with Gasteiger partial charge in [-0.1, -0.05) is 36.6 Å². The number of benzene rings is 1. The Labute approximate surface area is 183 Å². The maximum Gasteiger partial charge on any atom is 0.325 e. The van der Waals surface area contributed by atoms with Gasteiger partial charge in [-0.15, -0.1) is 11.3 Å². The number of hydrogen-bond acceptors (Lipinski definition) is 5. The first-order valence-corrected chi connectivity index (χ1v) is 11.2. The van der Waals surface area contributed by atoms with E-state index in [1.165, 1.54) is 16.2 Å². The Kier molecular flexibility index (Phi) is 5.79. The van der Waals surface area contributed by atoms with Crippen LogP contribution in [0.2, 0.25) is 5.02 Å². The predicted molar refractivity (Wildman–Crippen MR) is 115 cm³/mol. The summed E-state index contributed by atoms with van der Waals surface area (Å²) in [5.41, 5.74) is 1.12. The lowest BCUT2D eigenvalue weighted by molar-refractivity contribution is -0.131. The molecule has 1 saturated carbocycles. The zero-order valence-corrected chi connectivity index (χ0v) is 18.2. The van der Waals surface area contributed by atoms with Crippen molar-refractivity contribution >= 4 is 40.8 Å². The molecule has 2 fully saturated rings. The van der Waals surface area contributed by atoms with Crippen LogP contribution in [0.3, 0.4) is 0 Å². The minimum absolute atomic E-state index is 0.0731.